The predicted octanol–water partition coefficient (Wildman–Crippen LogP) is 1.82. The van der Waals surface area contributed by atoms with Crippen molar-refractivity contribution in [2.75, 3.05) is 55.4 Å². The highest BCUT2D eigenvalue weighted by atomic mass is 127. The predicted molar refractivity (Wildman–Crippen MR) is 126 cm³/mol. The van der Waals surface area contributed by atoms with Gasteiger partial charge >= 0.3 is 0 Å². The number of nitrogens with zero attached hydrogens (tertiary/aromatic N) is 5. The number of hydrogen-bond acceptors (Lipinski definition) is 8. The Morgan fingerprint density at radius 3 is 2.74 bits per heavy atom. The van der Waals surface area contributed by atoms with Crippen molar-refractivity contribution < 1.29 is 14.3 Å². The molecule has 12 heteroatoms. The van der Waals surface area contributed by atoms with Gasteiger partial charge in [-0.3, -0.25) is 9.59 Å². The van der Waals surface area contributed by atoms with E-state index in [2.05, 4.69) is 51.5 Å². The molecule has 2 aliphatic rings. The smallest absolute Gasteiger partial charge is 0.277 e. The van der Waals surface area contributed by atoms with Gasteiger partial charge in [0.05, 0.1) is 11.9 Å². The Hall–Kier alpha value is -2.38. The SMILES string of the molecule is CNC(=O)C1Oc2cc(Nc3nc(N4CCN(I)CC4)ncc3Cl)ccc2N(C)C1=O. The van der Waals surface area contributed by atoms with E-state index in [-0.39, 0.29) is 0 Å². The first kappa shape index (κ1) is 21.8. The van der Waals surface area contributed by atoms with Crippen LogP contribution in [0.1, 0.15) is 0 Å². The van der Waals surface area contributed by atoms with Crippen LogP contribution in [-0.2, 0) is 9.59 Å². The molecule has 2 amide bonds. The average molecular weight is 558 g/mol. The molecule has 31 heavy (non-hydrogen) atoms. The number of piperazine rings is 1. The minimum Gasteiger partial charge on any atom is -0.468 e. The van der Waals surface area contributed by atoms with Gasteiger partial charge in [0, 0.05) is 74.9 Å². The van der Waals surface area contributed by atoms with Crippen molar-refractivity contribution in [3.8, 4) is 5.75 Å². The van der Waals surface area contributed by atoms with E-state index in [1.807, 2.05) is 0 Å². The minimum absolute atomic E-state index is 0.380. The summed E-state index contributed by atoms with van der Waals surface area (Å²) in [6.45, 7) is 3.52. The zero-order valence-corrected chi connectivity index (χ0v) is 19.8. The van der Waals surface area contributed by atoms with Crippen LogP contribution in [0.4, 0.5) is 23.1 Å². The van der Waals surface area contributed by atoms with E-state index in [1.165, 1.54) is 11.9 Å². The molecule has 1 atom stereocenters. The van der Waals surface area contributed by atoms with Crippen molar-refractivity contribution in [3.63, 3.8) is 0 Å². The fraction of sp³-hybridized carbons (Fsp3) is 0.368. The summed E-state index contributed by atoms with van der Waals surface area (Å²) in [5, 5.41) is 6.02. The Labute approximate surface area is 198 Å². The van der Waals surface area contributed by atoms with Gasteiger partial charge in [-0.25, -0.2) is 8.10 Å². The molecule has 0 spiro atoms. The molecule has 0 aliphatic carbocycles. The van der Waals surface area contributed by atoms with Crippen LogP contribution >= 0.6 is 34.5 Å². The van der Waals surface area contributed by atoms with Crippen LogP contribution in [0.25, 0.3) is 0 Å². The van der Waals surface area contributed by atoms with Crippen molar-refractivity contribution in [1.82, 2.24) is 18.4 Å². The topological polar surface area (TPSA) is 103 Å². The number of ether oxygens (including phenoxy) is 1. The van der Waals surface area contributed by atoms with E-state index >= 15 is 0 Å². The number of carbonyl (C=O) groups is 2. The van der Waals surface area contributed by atoms with Gasteiger partial charge < -0.3 is 25.2 Å². The summed E-state index contributed by atoms with van der Waals surface area (Å²) < 4.78 is 7.91. The quantitative estimate of drug-likeness (QED) is 0.334. The molecule has 1 unspecified atom stereocenters. The molecule has 0 saturated carbocycles. The van der Waals surface area contributed by atoms with Crippen LogP contribution in [-0.4, -0.2) is 71.3 Å². The van der Waals surface area contributed by atoms with Crippen LogP contribution in [0.3, 0.4) is 0 Å². The zero-order chi connectivity index (χ0) is 22.1. The minimum atomic E-state index is -1.23. The van der Waals surface area contributed by atoms with E-state index in [0.29, 0.717) is 33.9 Å². The number of hydrogen-bond donors (Lipinski definition) is 2. The van der Waals surface area contributed by atoms with Crippen LogP contribution in [0.2, 0.25) is 5.02 Å². The second-order valence-corrected chi connectivity index (χ2v) is 8.85. The lowest BCUT2D eigenvalue weighted by Crippen LogP contribution is -2.51. The van der Waals surface area contributed by atoms with Gasteiger partial charge in [0.2, 0.25) is 5.95 Å². The van der Waals surface area contributed by atoms with Gasteiger partial charge in [-0.1, -0.05) is 11.6 Å². The first-order valence-corrected chi connectivity index (χ1v) is 11.0. The number of aromatic nitrogens is 2. The lowest BCUT2D eigenvalue weighted by atomic mass is 10.1. The maximum absolute atomic E-state index is 12.4. The van der Waals surface area contributed by atoms with Crippen molar-refractivity contribution >= 4 is 69.4 Å². The summed E-state index contributed by atoms with van der Waals surface area (Å²) in [4.78, 5) is 36.9. The molecule has 3 heterocycles. The molecule has 2 N–H and O–H groups in total. The van der Waals surface area contributed by atoms with Gasteiger partial charge in [0.25, 0.3) is 17.9 Å². The number of fused-ring (bicyclic) bond motifs is 1. The van der Waals surface area contributed by atoms with Gasteiger partial charge in [0.1, 0.15) is 10.8 Å². The van der Waals surface area contributed by atoms with E-state index in [0.717, 1.165) is 26.2 Å². The third-order valence-corrected chi connectivity index (χ3v) is 6.35. The summed E-state index contributed by atoms with van der Waals surface area (Å²) in [6.07, 6.45) is 0.342. The van der Waals surface area contributed by atoms with Gasteiger partial charge in [-0.05, 0) is 12.1 Å². The molecule has 4 rings (SSSR count). The monoisotopic (exact) mass is 557 g/mol. The Morgan fingerprint density at radius 1 is 1.29 bits per heavy atom. The molecule has 2 aromatic rings. The largest absolute Gasteiger partial charge is 0.468 e. The molecule has 1 fully saturated rings. The molecule has 1 aromatic carbocycles. The summed E-state index contributed by atoms with van der Waals surface area (Å²) >= 11 is 8.64. The van der Waals surface area contributed by atoms with E-state index in [1.54, 1.807) is 31.4 Å². The summed E-state index contributed by atoms with van der Waals surface area (Å²) in [5.41, 5.74) is 1.22. The average Bonchev–Trinajstić information content (AvgIpc) is 2.77. The summed E-state index contributed by atoms with van der Waals surface area (Å²) in [6, 6.07) is 5.24. The Bertz CT molecular complexity index is 1020. The molecule has 2 aliphatic heterocycles. The maximum Gasteiger partial charge on any atom is 0.277 e. The van der Waals surface area contributed by atoms with Gasteiger partial charge in [0.15, 0.2) is 5.82 Å². The van der Waals surface area contributed by atoms with Crippen molar-refractivity contribution in [2.45, 2.75) is 6.10 Å². The number of anilines is 4. The van der Waals surface area contributed by atoms with Crippen LogP contribution < -0.4 is 25.2 Å². The molecule has 10 nitrogen and oxygen atoms in total. The summed E-state index contributed by atoms with van der Waals surface area (Å²) in [7, 11) is 3.07. The number of nitrogens with one attached hydrogen (secondary N) is 2. The highest BCUT2D eigenvalue weighted by Crippen LogP contribution is 2.37. The highest BCUT2D eigenvalue weighted by molar-refractivity contribution is 14.1. The van der Waals surface area contributed by atoms with Gasteiger partial charge in [-0.2, -0.15) is 4.98 Å². The third-order valence-electron chi connectivity index (χ3n) is 5.11. The number of benzene rings is 1. The number of amides is 2. The lowest BCUT2D eigenvalue weighted by Gasteiger charge is -2.31. The van der Waals surface area contributed by atoms with E-state index < -0.39 is 17.9 Å². The molecular formula is C19H21ClIN7O3. The molecule has 1 aromatic heterocycles. The molecule has 0 bridgehead atoms. The number of rotatable bonds is 4. The number of halogens is 2. The molecule has 0 radical (unpaired) electrons. The fourth-order valence-corrected chi connectivity index (χ4v) is 3.92. The van der Waals surface area contributed by atoms with E-state index in [9.17, 15) is 9.59 Å². The maximum atomic E-state index is 12.4. The van der Waals surface area contributed by atoms with Crippen molar-refractivity contribution in [1.29, 1.82) is 0 Å². The molecule has 1 saturated heterocycles. The van der Waals surface area contributed by atoms with Crippen molar-refractivity contribution in [3.05, 3.63) is 29.4 Å². The molecular weight excluding hydrogens is 537 g/mol. The van der Waals surface area contributed by atoms with Crippen LogP contribution in [0.15, 0.2) is 24.4 Å². The Balaban J connectivity index is 1.57. The number of carbonyl (C=O) groups excluding carboxylic acids is 2. The standard InChI is InChI=1S/C19H21ClIN7O3/c1-22-17(29)15-18(30)26(2)13-4-3-11(9-14(13)31-15)24-16-12(20)10-23-19(25-16)27-5-7-28(21)8-6-27/h3-4,9-10,15H,5-8H2,1-2H3,(H,22,29)(H,23,24,25). The van der Waals surface area contributed by atoms with Crippen LogP contribution in [0, 0.1) is 0 Å². The van der Waals surface area contributed by atoms with E-state index in [4.69, 9.17) is 16.3 Å². The second-order valence-electron chi connectivity index (χ2n) is 7.08. The second kappa shape index (κ2) is 9.01. The Morgan fingerprint density at radius 2 is 2.03 bits per heavy atom. The normalized spacial score (nSPS) is 19.0. The summed E-state index contributed by atoms with van der Waals surface area (Å²) in [5.74, 6) is 0.546. The first-order valence-electron chi connectivity index (χ1n) is 9.62. The number of likely N-dealkylation sites (N-methyl/N-ethyl adjacent to an activating group) is 2. The zero-order valence-electron chi connectivity index (χ0n) is 16.9. The van der Waals surface area contributed by atoms with Gasteiger partial charge in [-0.15, -0.1) is 0 Å². The Kier molecular flexibility index (Phi) is 6.34. The first-order chi connectivity index (χ1) is 14.9. The molecule has 164 valence electrons. The lowest BCUT2D eigenvalue weighted by molar-refractivity contribution is -0.138. The third kappa shape index (κ3) is 4.48. The van der Waals surface area contributed by atoms with Crippen LogP contribution in [0.5, 0.6) is 5.75 Å². The fourth-order valence-electron chi connectivity index (χ4n) is 3.35. The van der Waals surface area contributed by atoms with Crippen molar-refractivity contribution in [2.24, 2.45) is 0 Å². The highest BCUT2D eigenvalue weighted by Gasteiger charge is 2.37.